The summed E-state index contributed by atoms with van der Waals surface area (Å²) < 4.78 is 99.0. The van der Waals surface area contributed by atoms with Crippen molar-refractivity contribution in [1.29, 1.82) is 0 Å². The van der Waals surface area contributed by atoms with Crippen LogP contribution in [-0.2, 0) is 30.3 Å². The van der Waals surface area contributed by atoms with Gasteiger partial charge in [0, 0.05) is 22.5 Å². The Labute approximate surface area is 275 Å². The van der Waals surface area contributed by atoms with Gasteiger partial charge in [-0.05, 0) is 84.3 Å². The third kappa shape index (κ3) is 7.26. The fourth-order valence-corrected chi connectivity index (χ4v) is 6.87. The number of fused-ring (bicyclic) bond motifs is 2. The van der Waals surface area contributed by atoms with Gasteiger partial charge in [0.05, 0.1) is 24.7 Å². The highest BCUT2D eigenvalue weighted by atomic mass is 32.2. The number of nitrogens with zero attached hydrogens (tertiary/aromatic N) is 4. The number of phenols is 1. The van der Waals surface area contributed by atoms with E-state index < -0.39 is 46.6 Å². The first kappa shape index (κ1) is 34.3. The monoisotopic (exact) mass is 713 g/mol. The second kappa shape index (κ2) is 12.5. The van der Waals surface area contributed by atoms with Crippen LogP contribution in [-0.4, -0.2) is 52.8 Å². The van der Waals surface area contributed by atoms with Crippen molar-refractivity contribution in [1.82, 2.24) is 0 Å². The molecular formula is C30H27N5O10S3. The van der Waals surface area contributed by atoms with Gasteiger partial charge in [-0.3, -0.25) is 13.8 Å². The molecule has 5 rings (SSSR count). The second-order valence-electron chi connectivity index (χ2n) is 10.7. The molecule has 5 aromatic rings. The number of azo groups is 2. The van der Waals surface area contributed by atoms with Gasteiger partial charge >= 0.3 is 0 Å². The number of anilines is 1. The number of methoxy groups -OCH3 is 1. The lowest BCUT2D eigenvalue weighted by Gasteiger charge is -2.11. The summed E-state index contributed by atoms with van der Waals surface area (Å²) >= 11 is 0. The van der Waals surface area contributed by atoms with Crippen LogP contribution in [0.25, 0.3) is 21.5 Å². The van der Waals surface area contributed by atoms with Crippen LogP contribution in [0, 0.1) is 13.8 Å². The summed E-state index contributed by atoms with van der Waals surface area (Å²) in [4.78, 5) is -1.05. The van der Waals surface area contributed by atoms with E-state index in [0.29, 0.717) is 27.9 Å². The zero-order chi connectivity index (χ0) is 35.2. The van der Waals surface area contributed by atoms with Crippen LogP contribution >= 0.6 is 0 Å². The van der Waals surface area contributed by atoms with Gasteiger partial charge in [0.25, 0.3) is 20.2 Å². The molecule has 0 saturated carbocycles. The van der Waals surface area contributed by atoms with Gasteiger partial charge in [0.2, 0.25) is 10.0 Å². The topological polar surface area (TPSA) is 234 Å². The minimum atomic E-state index is -4.95. The number of aryl methyl sites for hydroxylation is 2. The number of aromatic hydroxyl groups is 1. The lowest BCUT2D eigenvalue weighted by molar-refractivity contribution is 0.416. The standard InChI is InChI=1S/C30H27N5O10S3/c1-16-10-20(14-23-21(16)6-5-7-27(23)47(39,40)41)31-32-24-15-26(45-3)25(11-17(24)2)33-34-29-28(48(42,43)44)13-18-12-19(35-46(4,37)38)8-9-22(18)30(29)36/h5-15,35-36H,1-4H3,(H,39,40,41)(H,42,43,44). The molecule has 0 aliphatic heterocycles. The molecular weight excluding hydrogens is 687 g/mol. The zero-order valence-corrected chi connectivity index (χ0v) is 28.0. The smallest absolute Gasteiger partial charge is 0.296 e. The lowest BCUT2D eigenvalue weighted by Crippen LogP contribution is -2.09. The molecule has 0 aliphatic carbocycles. The van der Waals surface area contributed by atoms with Crippen molar-refractivity contribution in [3.05, 3.63) is 77.9 Å². The SMILES string of the molecule is COc1cc(N=Nc2cc(C)c3cccc(S(=O)(=O)O)c3c2)c(C)cc1N=Nc1c(S(=O)(=O)O)cc2cc(NS(C)(=O)=O)ccc2c1O. The Hall–Kier alpha value is -5.01. The Bertz CT molecular complexity index is 2530. The molecule has 5 aromatic carbocycles. The van der Waals surface area contributed by atoms with Crippen LogP contribution in [0.2, 0.25) is 0 Å². The summed E-state index contributed by atoms with van der Waals surface area (Å²) in [5.74, 6) is -0.509. The van der Waals surface area contributed by atoms with Crippen LogP contribution in [0.4, 0.5) is 28.4 Å². The molecule has 4 N–H and O–H groups in total. The molecule has 0 atom stereocenters. The molecule has 0 aromatic heterocycles. The van der Waals surface area contributed by atoms with Gasteiger partial charge in [-0.15, -0.1) is 10.2 Å². The first-order valence-electron chi connectivity index (χ1n) is 13.6. The Morgan fingerprint density at radius 1 is 0.688 bits per heavy atom. The van der Waals surface area contributed by atoms with Crippen molar-refractivity contribution in [3.63, 3.8) is 0 Å². The second-order valence-corrected chi connectivity index (χ2v) is 15.2. The van der Waals surface area contributed by atoms with Crippen molar-refractivity contribution in [3.8, 4) is 11.5 Å². The highest BCUT2D eigenvalue weighted by Gasteiger charge is 2.23. The van der Waals surface area contributed by atoms with Crippen molar-refractivity contribution < 1.29 is 44.2 Å². The summed E-state index contributed by atoms with van der Waals surface area (Å²) in [7, 11) is -11.8. The van der Waals surface area contributed by atoms with Gasteiger partial charge in [-0.25, -0.2) is 8.42 Å². The van der Waals surface area contributed by atoms with E-state index in [-0.39, 0.29) is 38.2 Å². The summed E-state index contributed by atoms with van der Waals surface area (Å²) in [5, 5.41) is 28.6. The highest BCUT2D eigenvalue weighted by Crippen LogP contribution is 2.43. The largest absolute Gasteiger partial charge is 0.505 e. The molecule has 0 spiro atoms. The van der Waals surface area contributed by atoms with E-state index >= 15 is 0 Å². The lowest BCUT2D eigenvalue weighted by atomic mass is 10.0. The first-order chi connectivity index (χ1) is 22.4. The van der Waals surface area contributed by atoms with E-state index in [0.717, 1.165) is 12.3 Å². The molecule has 48 heavy (non-hydrogen) atoms. The molecule has 0 unspecified atom stereocenters. The van der Waals surface area contributed by atoms with Gasteiger partial charge in [-0.2, -0.15) is 27.1 Å². The van der Waals surface area contributed by atoms with Gasteiger partial charge in [-0.1, -0.05) is 12.1 Å². The normalized spacial score (nSPS) is 12.8. The Balaban J connectivity index is 1.54. The predicted octanol–water partition coefficient (Wildman–Crippen LogP) is 7.02. The fourth-order valence-electron chi connectivity index (χ4n) is 4.96. The summed E-state index contributed by atoms with van der Waals surface area (Å²) in [6, 6.07) is 15.7. The summed E-state index contributed by atoms with van der Waals surface area (Å²) in [5.41, 5.74) is 1.47. The number of sulfonamides is 1. The number of phenolic OH excluding ortho intramolecular Hbond substituents is 1. The maximum Gasteiger partial charge on any atom is 0.296 e. The van der Waals surface area contributed by atoms with E-state index in [1.807, 2.05) is 0 Å². The Kier molecular flexibility index (Phi) is 8.97. The van der Waals surface area contributed by atoms with Crippen LogP contribution in [0.3, 0.4) is 0 Å². The average Bonchev–Trinajstić information content (AvgIpc) is 2.98. The predicted molar refractivity (Wildman–Crippen MR) is 178 cm³/mol. The van der Waals surface area contributed by atoms with Crippen molar-refractivity contribution in [2.75, 3.05) is 18.1 Å². The van der Waals surface area contributed by atoms with Crippen molar-refractivity contribution >= 4 is 80.2 Å². The van der Waals surface area contributed by atoms with Crippen LogP contribution in [0.5, 0.6) is 11.5 Å². The van der Waals surface area contributed by atoms with Gasteiger partial charge < -0.3 is 9.84 Å². The molecule has 0 radical (unpaired) electrons. The molecule has 0 saturated heterocycles. The molecule has 18 heteroatoms. The zero-order valence-electron chi connectivity index (χ0n) is 25.6. The number of nitrogens with one attached hydrogen (secondary N) is 1. The highest BCUT2D eigenvalue weighted by molar-refractivity contribution is 7.92. The molecule has 0 bridgehead atoms. The molecule has 0 aliphatic rings. The average molecular weight is 714 g/mol. The third-order valence-electron chi connectivity index (χ3n) is 7.09. The maximum absolute atomic E-state index is 12.3. The quantitative estimate of drug-likeness (QED) is 0.0900. The van der Waals surface area contributed by atoms with Crippen molar-refractivity contribution in [2.24, 2.45) is 20.5 Å². The number of rotatable bonds is 9. The molecule has 0 heterocycles. The van der Waals surface area contributed by atoms with E-state index in [9.17, 15) is 39.5 Å². The van der Waals surface area contributed by atoms with Crippen LogP contribution < -0.4 is 9.46 Å². The molecule has 0 fully saturated rings. The van der Waals surface area contributed by atoms with E-state index in [4.69, 9.17) is 4.74 Å². The molecule has 250 valence electrons. The summed E-state index contributed by atoms with van der Waals surface area (Å²) in [6.07, 6.45) is 0.934. The number of ether oxygens (including phenoxy) is 1. The van der Waals surface area contributed by atoms with Gasteiger partial charge in [0.1, 0.15) is 26.9 Å². The van der Waals surface area contributed by atoms with Crippen LogP contribution in [0.1, 0.15) is 11.1 Å². The Morgan fingerprint density at radius 3 is 2.02 bits per heavy atom. The fraction of sp³-hybridized carbons (Fsp3) is 0.133. The number of benzene rings is 5. The molecule has 15 nitrogen and oxygen atoms in total. The van der Waals surface area contributed by atoms with E-state index in [1.54, 1.807) is 26.0 Å². The summed E-state index contributed by atoms with van der Waals surface area (Å²) in [6.45, 7) is 3.44. The minimum Gasteiger partial charge on any atom is -0.505 e. The Morgan fingerprint density at radius 2 is 1.38 bits per heavy atom. The number of hydrogen-bond acceptors (Lipinski definition) is 12. The molecule has 0 amide bonds. The van der Waals surface area contributed by atoms with E-state index in [1.165, 1.54) is 55.6 Å². The maximum atomic E-state index is 12.3. The van der Waals surface area contributed by atoms with Crippen molar-refractivity contribution in [2.45, 2.75) is 23.6 Å². The number of hydrogen-bond donors (Lipinski definition) is 4. The third-order valence-corrected chi connectivity index (χ3v) is 9.47. The van der Waals surface area contributed by atoms with Gasteiger partial charge in [0.15, 0.2) is 5.75 Å². The first-order valence-corrected chi connectivity index (χ1v) is 18.4. The van der Waals surface area contributed by atoms with E-state index in [2.05, 4.69) is 25.2 Å². The van der Waals surface area contributed by atoms with Crippen LogP contribution in [0.15, 0.2) is 97.0 Å². The minimum absolute atomic E-state index is 0.0895.